The maximum atomic E-state index is 13.7. The summed E-state index contributed by atoms with van der Waals surface area (Å²) in [5, 5.41) is -0.218. The molecule has 0 saturated carbocycles. The minimum Gasteiger partial charge on any atom is -0.383 e. The maximum Gasteiger partial charge on any atom is 0.417 e. The van der Waals surface area contributed by atoms with Crippen LogP contribution in [0.1, 0.15) is 42.0 Å². The molecule has 1 aromatic carbocycles. The first-order valence-corrected chi connectivity index (χ1v) is 10.2. The number of rotatable bonds is 5. The topological polar surface area (TPSA) is 67.9 Å². The summed E-state index contributed by atoms with van der Waals surface area (Å²) in [7, 11) is 0. The molecule has 1 aliphatic heterocycles. The van der Waals surface area contributed by atoms with Gasteiger partial charge in [0, 0.05) is 18.2 Å². The zero-order valence-electron chi connectivity index (χ0n) is 16.6. The number of piperidine rings is 1. The second-order valence-electron chi connectivity index (χ2n) is 7.78. The van der Waals surface area contributed by atoms with Crippen LogP contribution in [-0.2, 0) is 12.6 Å². The number of anilines is 1. The monoisotopic (exact) mass is 415 g/mol. The largest absolute Gasteiger partial charge is 0.417 e. The third-order valence-electron chi connectivity index (χ3n) is 5.66. The van der Waals surface area contributed by atoms with E-state index in [0.717, 1.165) is 51.2 Å². The number of nitrogen functional groups attached to an aromatic ring is 1. The van der Waals surface area contributed by atoms with Crippen LogP contribution in [0.25, 0.3) is 11.0 Å². The average molecular weight is 415 g/mol. The van der Waals surface area contributed by atoms with Gasteiger partial charge in [0.25, 0.3) is 0 Å². The van der Waals surface area contributed by atoms with Crippen molar-refractivity contribution in [2.45, 2.75) is 37.8 Å². The molecule has 3 heterocycles. The minimum atomic E-state index is -4.54. The number of hydrogen-bond donors (Lipinski definition) is 1. The van der Waals surface area contributed by atoms with E-state index in [9.17, 15) is 13.2 Å². The lowest BCUT2D eigenvalue weighted by Gasteiger charge is -2.32. The summed E-state index contributed by atoms with van der Waals surface area (Å²) in [6, 6.07) is 11.4. The van der Waals surface area contributed by atoms with E-state index < -0.39 is 11.7 Å². The first-order chi connectivity index (χ1) is 14.4. The summed E-state index contributed by atoms with van der Waals surface area (Å²) in [5.74, 6) is -0.255. The highest BCUT2D eigenvalue weighted by Gasteiger charge is 2.36. The van der Waals surface area contributed by atoms with Crippen LogP contribution in [0.5, 0.6) is 0 Å². The number of aromatic nitrogens is 3. The third-order valence-corrected chi connectivity index (χ3v) is 5.66. The number of aryl methyl sites for hydroxylation is 1. The van der Waals surface area contributed by atoms with Gasteiger partial charge >= 0.3 is 6.18 Å². The fourth-order valence-electron chi connectivity index (χ4n) is 4.19. The van der Waals surface area contributed by atoms with E-state index in [4.69, 9.17) is 5.73 Å². The molecule has 0 spiro atoms. The van der Waals surface area contributed by atoms with E-state index in [1.807, 2.05) is 18.2 Å². The number of alkyl halides is 3. The fraction of sp³-hybridized carbons (Fsp3) is 0.409. The Hall–Kier alpha value is -2.74. The van der Waals surface area contributed by atoms with Crippen LogP contribution in [-0.4, -0.2) is 39.5 Å². The summed E-state index contributed by atoms with van der Waals surface area (Å²) < 4.78 is 41.1. The SMILES string of the molecule is Nc1ncnc2nc(C3CCCN(CCCc4ccccc4)C3)cc(C(F)(F)F)c12. The first-order valence-electron chi connectivity index (χ1n) is 10.2. The Morgan fingerprint density at radius 1 is 1.13 bits per heavy atom. The standard InChI is InChI=1S/C22H24F3N5/c23-22(24,25)17-12-18(29-21-19(17)20(26)27-14-28-21)16-9-5-11-30(13-16)10-4-8-15-6-2-1-3-7-15/h1-3,6-7,12,14,16H,4-5,8-11,13H2,(H2,26,27,28,29). The molecule has 158 valence electrons. The quantitative estimate of drug-likeness (QED) is 0.667. The Morgan fingerprint density at radius 3 is 2.70 bits per heavy atom. The summed E-state index contributed by atoms with van der Waals surface area (Å²) >= 11 is 0. The van der Waals surface area contributed by atoms with Crippen molar-refractivity contribution in [2.75, 3.05) is 25.4 Å². The first kappa shape index (κ1) is 20.5. The van der Waals surface area contributed by atoms with Gasteiger partial charge in [-0.15, -0.1) is 0 Å². The smallest absolute Gasteiger partial charge is 0.383 e. The highest BCUT2D eigenvalue weighted by atomic mass is 19.4. The van der Waals surface area contributed by atoms with Crippen LogP contribution in [0.2, 0.25) is 0 Å². The van der Waals surface area contributed by atoms with Crippen LogP contribution in [0.15, 0.2) is 42.7 Å². The van der Waals surface area contributed by atoms with Crippen LogP contribution in [0.4, 0.5) is 19.0 Å². The molecule has 4 rings (SSSR count). The number of nitrogens with zero attached hydrogens (tertiary/aromatic N) is 4. The number of nitrogens with two attached hydrogens (primary N) is 1. The number of likely N-dealkylation sites (tertiary alicyclic amines) is 1. The van der Waals surface area contributed by atoms with E-state index in [0.29, 0.717) is 12.2 Å². The average Bonchev–Trinajstić information content (AvgIpc) is 2.73. The molecule has 5 nitrogen and oxygen atoms in total. The van der Waals surface area contributed by atoms with Crippen LogP contribution < -0.4 is 5.73 Å². The van der Waals surface area contributed by atoms with Gasteiger partial charge in [0.05, 0.1) is 10.9 Å². The molecular weight excluding hydrogens is 391 g/mol. The molecular formula is C22H24F3N5. The lowest BCUT2D eigenvalue weighted by Crippen LogP contribution is -2.35. The van der Waals surface area contributed by atoms with Crippen LogP contribution in [0, 0.1) is 0 Å². The Bertz CT molecular complexity index is 1010. The molecule has 0 bridgehead atoms. The third kappa shape index (κ3) is 4.53. The van der Waals surface area contributed by atoms with Crippen molar-refractivity contribution < 1.29 is 13.2 Å². The van der Waals surface area contributed by atoms with Crippen molar-refractivity contribution >= 4 is 16.9 Å². The van der Waals surface area contributed by atoms with Crippen molar-refractivity contribution in [1.82, 2.24) is 19.9 Å². The summed E-state index contributed by atoms with van der Waals surface area (Å²) in [5.41, 5.74) is 6.64. The molecule has 8 heteroatoms. The lowest BCUT2D eigenvalue weighted by atomic mass is 9.92. The van der Waals surface area contributed by atoms with Gasteiger partial charge in [0.15, 0.2) is 5.65 Å². The molecule has 0 amide bonds. The van der Waals surface area contributed by atoms with Gasteiger partial charge in [-0.25, -0.2) is 15.0 Å². The van der Waals surface area contributed by atoms with Gasteiger partial charge in [-0.1, -0.05) is 30.3 Å². The van der Waals surface area contributed by atoms with E-state index in [1.54, 1.807) is 0 Å². The fourth-order valence-corrected chi connectivity index (χ4v) is 4.19. The number of fused-ring (bicyclic) bond motifs is 1. The van der Waals surface area contributed by atoms with Crippen molar-refractivity contribution in [2.24, 2.45) is 0 Å². The predicted octanol–water partition coefficient (Wildman–Crippen LogP) is 4.44. The van der Waals surface area contributed by atoms with Gasteiger partial charge in [-0.2, -0.15) is 13.2 Å². The van der Waals surface area contributed by atoms with E-state index in [-0.39, 0.29) is 22.8 Å². The molecule has 3 aromatic rings. The van der Waals surface area contributed by atoms with Gasteiger partial charge in [0.2, 0.25) is 0 Å². The molecule has 1 aliphatic rings. The molecule has 0 aliphatic carbocycles. The van der Waals surface area contributed by atoms with Gasteiger partial charge in [0.1, 0.15) is 12.1 Å². The zero-order chi connectivity index (χ0) is 21.1. The Labute approximate surface area is 173 Å². The Morgan fingerprint density at radius 2 is 1.93 bits per heavy atom. The zero-order valence-corrected chi connectivity index (χ0v) is 16.6. The van der Waals surface area contributed by atoms with Crippen molar-refractivity contribution in [3.05, 3.63) is 59.5 Å². The molecule has 2 aromatic heterocycles. The number of pyridine rings is 1. The van der Waals surface area contributed by atoms with Gasteiger partial charge in [-0.05, 0) is 50.4 Å². The summed E-state index contributed by atoms with van der Waals surface area (Å²) in [6.07, 6.45) is 0.364. The normalized spacial score (nSPS) is 18.0. The highest BCUT2D eigenvalue weighted by molar-refractivity contribution is 5.89. The number of hydrogen-bond acceptors (Lipinski definition) is 5. The van der Waals surface area contributed by atoms with Crippen LogP contribution >= 0.6 is 0 Å². The molecule has 1 fully saturated rings. The van der Waals surface area contributed by atoms with E-state index in [2.05, 4.69) is 32.0 Å². The van der Waals surface area contributed by atoms with Crippen molar-refractivity contribution in [1.29, 1.82) is 0 Å². The summed E-state index contributed by atoms with van der Waals surface area (Å²) in [4.78, 5) is 14.4. The predicted molar refractivity (Wildman–Crippen MR) is 110 cm³/mol. The Balaban J connectivity index is 1.52. The molecule has 2 N–H and O–H groups in total. The second kappa shape index (κ2) is 8.55. The lowest BCUT2D eigenvalue weighted by molar-refractivity contribution is -0.136. The maximum absolute atomic E-state index is 13.7. The van der Waals surface area contributed by atoms with Gasteiger partial charge < -0.3 is 10.6 Å². The molecule has 30 heavy (non-hydrogen) atoms. The van der Waals surface area contributed by atoms with Crippen molar-refractivity contribution in [3.63, 3.8) is 0 Å². The molecule has 1 atom stereocenters. The molecule has 1 unspecified atom stereocenters. The molecule has 1 saturated heterocycles. The second-order valence-corrected chi connectivity index (χ2v) is 7.78. The van der Waals surface area contributed by atoms with Gasteiger partial charge in [-0.3, -0.25) is 0 Å². The molecule has 0 radical (unpaired) electrons. The van der Waals surface area contributed by atoms with Crippen LogP contribution in [0.3, 0.4) is 0 Å². The van der Waals surface area contributed by atoms with Crippen molar-refractivity contribution in [3.8, 4) is 0 Å². The Kier molecular flexibility index (Phi) is 5.85. The highest BCUT2D eigenvalue weighted by Crippen LogP contribution is 2.38. The number of halogens is 3. The number of benzene rings is 1. The van der Waals surface area contributed by atoms with E-state index >= 15 is 0 Å². The summed E-state index contributed by atoms with van der Waals surface area (Å²) in [6.45, 7) is 2.57. The minimum absolute atomic E-state index is 0.00789. The van der Waals surface area contributed by atoms with E-state index in [1.165, 1.54) is 5.56 Å².